The third kappa shape index (κ3) is 4.09. The van der Waals surface area contributed by atoms with Gasteiger partial charge in [-0.25, -0.2) is 9.59 Å². The third-order valence-electron chi connectivity index (χ3n) is 3.20. The standard InChI is InChI=1S/C17H17NO4/c1-17(15(19)20,12-13-8-4-2-5-9-13)18-16(21)22-14-10-6-3-7-11-14/h2-11H,12H2,1H3,(H,18,21)(H,19,20). The molecule has 0 radical (unpaired) electrons. The highest BCUT2D eigenvalue weighted by Gasteiger charge is 2.35. The summed E-state index contributed by atoms with van der Waals surface area (Å²) in [7, 11) is 0. The van der Waals surface area contributed by atoms with Crippen LogP contribution in [0.5, 0.6) is 5.75 Å². The molecule has 1 amide bonds. The number of para-hydroxylation sites is 1. The van der Waals surface area contributed by atoms with Crippen LogP contribution in [-0.2, 0) is 11.2 Å². The Kier molecular flexibility index (Phi) is 4.78. The monoisotopic (exact) mass is 299 g/mol. The Morgan fingerprint density at radius 3 is 2.14 bits per heavy atom. The summed E-state index contributed by atoms with van der Waals surface area (Å²) in [6, 6.07) is 17.6. The maximum Gasteiger partial charge on any atom is 0.413 e. The van der Waals surface area contributed by atoms with Crippen LogP contribution in [0.2, 0.25) is 0 Å². The fourth-order valence-corrected chi connectivity index (χ4v) is 2.02. The van der Waals surface area contributed by atoms with Gasteiger partial charge in [0.05, 0.1) is 0 Å². The number of hydrogen-bond donors (Lipinski definition) is 2. The number of nitrogens with one attached hydrogen (secondary N) is 1. The number of rotatable bonds is 5. The quantitative estimate of drug-likeness (QED) is 0.890. The molecule has 0 fully saturated rings. The molecule has 0 aliphatic heterocycles. The Morgan fingerprint density at radius 1 is 1.05 bits per heavy atom. The van der Waals surface area contributed by atoms with E-state index in [4.69, 9.17) is 4.74 Å². The average molecular weight is 299 g/mol. The summed E-state index contributed by atoms with van der Waals surface area (Å²) < 4.78 is 5.08. The van der Waals surface area contributed by atoms with Crippen LogP contribution in [0.15, 0.2) is 60.7 Å². The molecule has 0 spiro atoms. The predicted molar refractivity (Wildman–Crippen MR) is 81.8 cm³/mol. The summed E-state index contributed by atoms with van der Waals surface area (Å²) in [6.07, 6.45) is -0.639. The summed E-state index contributed by atoms with van der Waals surface area (Å²) >= 11 is 0. The Balaban J connectivity index is 2.07. The van der Waals surface area contributed by atoms with E-state index in [-0.39, 0.29) is 6.42 Å². The lowest BCUT2D eigenvalue weighted by molar-refractivity contribution is -0.143. The highest BCUT2D eigenvalue weighted by Crippen LogP contribution is 2.15. The minimum absolute atomic E-state index is 0.160. The van der Waals surface area contributed by atoms with Gasteiger partial charge in [0.15, 0.2) is 0 Å². The van der Waals surface area contributed by atoms with E-state index in [0.29, 0.717) is 5.75 Å². The minimum Gasteiger partial charge on any atom is -0.480 e. The largest absolute Gasteiger partial charge is 0.480 e. The van der Waals surface area contributed by atoms with E-state index in [2.05, 4.69) is 5.32 Å². The minimum atomic E-state index is -1.45. The molecule has 2 aromatic rings. The third-order valence-corrected chi connectivity index (χ3v) is 3.20. The molecule has 22 heavy (non-hydrogen) atoms. The number of hydrogen-bond acceptors (Lipinski definition) is 3. The molecule has 5 nitrogen and oxygen atoms in total. The lowest BCUT2D eigenvalue weighted by Crippen LogP contribution is -2.54. The molecular formula is C17H17NO4. The van der Waals surface area contributed by atoms with Gasteiger partial charge >= 0.3 is 12.1 Å². The fourth-order valence-electron chi connectivity index (χ4n) is 2.02. The van der Waals surface area contributed by atoms with Gasteiger partial charge in [-0.3, -0.25) is 0 Å². The number of amides is 1. The molecule has 0 heterocycles. The van der Waals surface area contributed by atoms with Crippen molar-refractivity contribution in [2.24, 2.45) is 0 Å². The maximum absolute atomic E-state index is 11.9. The molecule has 0 aliphatic rings. The Bertz CT molecular complexity index is 642. The summed E-state index contributed by atoms with van der Waals surface area (Å²) in [5.41, 5.74) is -0.639. The smallest absolute Gasteiger partial charge is 0.413 e. The number of aliphatic carboxylic acids is 1. The van der Waals surface area contributed by atoms with Crippen LogP contribution < -0.4 is 10.1 Å². The second-order valence-corrected chi connectivity index (χ2v) is 5.13. The Morgan fingerprint density at radius 2 is 1.59 bits per heavy atom. The van der Waals surface area contributed by atoms with E-state index in [1.807, 2.05) is 30.3 Å². The number of carbonyl (C=O) groups is 2. The van der Waals surface area contributed by atoms with Crippen LogP contribution in [0.25, 0.3) is 0 Å². The van der Waals surface area contributed by atoms with Gasteiger partial charge in [0.1, 0.15) is 11.3 Å². The first-order chi connectivity index (χ1) is 10.5. The van der Waals surface area contributed by atoms with Gasteiger partial charge < -0.3 is 15.2 Å². The summed E-state index contributed by atoms with van der Waals surface area (Å²) in [5.74, 6) is -0.770. The molecule has 1 atom stereocenters. The van der Waals surface area contributed by atoms with Crippen LogP contribution in [0.3, 0.4) is 0 Å². The second kappa shape index (κ2) is 6.76. The predicted octanol–water partition coefficient (Wildman–Crippen LogP) is 2.86. The van der Waals surface area contributed by atoms with Crippen LogP contribution in [0.1, 0.15) is 12.5 Å². The van der Waals surface area contributed by atoms with Crippen LogP contribution in [0.4, 0.5) is 4.79 Å². The van der Waals surface area contributed by atoms with Gasteiger partial charge in [-0.2, -0.15) is 0 Å². The van der Waals surface area contributed by atoms with Crippen molar-refractivity contribution < 1.29 is 19.4 Å². The van der Waals surface area contributed by atoms with E-state index < -0.39 is 17.6 Å². The number of carboxylic acid groups (broad SMARTS) is 1. The number of ether oxygens (including phenoxy) is 1. The van der Waals surface area contributed by atoms with Crippen LogP contribution in [0, 0.1) is 0 Å². The lowest BCUT2D eigenvalue weighted by Gasteiger charge is -2.25. The molecule has 0 saturated heterocycles. The van der Waals surface area contributed by atoms with Crippen molar-refractivity contribution in [2.75, 3.05) is 0 Å². The number of benzene rings is 2. The zero-order valence-corrected chi connectivity index (χ0v) is 12.2. The summed E-state index contributed by atoms with van der Waals surface area (Å²) in [5, 5.41) is 11.9. The molecule has 2 aromatic carbocycles. The SMILES string of the molecule is CC(Cc1ccccc1)(NC(=O)Oc1ccccc1)C(=O)O. The van der Waals surface area contributed by atoms with Crippen molar-refractivity contribution in [1.82, 2.24) is 5.32 Å². The van der Waals surface area contributed by atoms with E-state index in [1.54, 1.807) is 30.3 Å². The van der Waals surface area contributed by atoms with E-state index in [1.165, 1.54) is 6.92 Å². The van der Waals surface area contributed by atoms with Gasteiger partial charge in [-0.15, -0.1) is 0 Å². The molecule has 2 N–H and O–H groups in total. The zero-order valence-electron chi connectivity index (χ0n) is 12.2. The highest BCUT2D eigenvalue weighted by atomic mass is 16.6. The molecule has 114 valence electrons. The second-order valence-electron chi connectivity index (χ2n) is 5.13. The summed E-state index contributed by atoms with van der Waals surface area (Å²) in [6.45, 7) is 1.45. The van der Waals surface area contributed by atoms with Crippen LogP contribution in [-0.4, -0.2) is 22.7 Å². The van der Waals surface area contributed by atoms with Gasteiger partial charge in [0.2, 0.25) is 0 Å². The normalized spacial score (nSPS) is 13.0. The van der Waals surface area contributed by atoms with Gasteiger partial charge in [0.25, 0.3) is 0 Å². The lowest BCUT2D eigenvalue weighted by atomic mass is 9.93. The molecule has 2 rings (SSSR count). The molecular weight excluding hydrogens is 282 g/mol. The summed E-state index contributed by atoms with van der Waals surface area (Å²) in [4.78, 5) is 23.5. The van der Waals surface area contributed by atoms with E-state index in [9.17, 15) is 14.7 Å². The topological polar surface area (TPSA) is 75.6 Å². The van der Waals surface area contributed by atoms with Crippen molar-refractivity contribution in [3.05, 3.63) is 66.2 Å². The van der Waals surface area contributed by atoms with Gasteiger partial charge in [-0.1, -0.05) is 48.5 Å². The molecule has 0 saturated carbocycles. The van der Waals surface area contributed by atoms with E-state index in [0.717, 1.165) is 5.56 Å². The number of carbonyl (C=O) groups excluding carboxylic acids is 1. The van der Waals surface area contributed by atoms with Crippen LogP contribution >= 0.6 is 0 Å². The Labute approximate surface area is 128 Å². The van der Waals surface area contributed by atoms with Crippen molar-refractivity contribution >= 4 is 12.1 Å². The molecule has 0 bridgehead atoms. The maximum atomic E-state index is 11.9. The molecule has 5 heteroatoms. The average Bonchev–Trinajstić information content (AvgIpc) is 2.48. The zero-order chi connectivity index (χ0) is 16.0. The molecule has 1 unspecified atom stereocenters. The van der Waals surface area contributed by atoms with Crippen molar-refractivity contribution in [3.8, 4) is 5.75 Å². The number of carboxylic acids is 1. The van der Waals surface area contributed by atoms with Gasteiger partial charge in [0, 0.05) is 6.42 Å². The van der Waals surface area contributed by atoms with Crippen molar-refractivity contribution in [2.45, 2.75) is 18.9 Å². The van der Waals surface area contributed by atoms with Crippen molar-refractivity contribution in [3.63, 3.8) is 0 Å². The first-order valence-corrected chi connectivity index (χ1v) is 6.82. The van der Waals surface area contributed by atoms with Gasteiger partial charge in [-0.05, 0) is 24.6 Å². The first-order valence-electron chi connectivity index (χ1n) is 6.82. The fraction of sp³-hybridized carbons (Fsp3) is 0.176. The highest BCUT2D eigenvalue weighted by molar-refractivity contribution is 5.84. The Hall–Kier alpha value is -2.82. The molecule has 0 aliphatic carbocycles. The molecule has 0 aromatic heterocycles. The first kappa shape index (κ1) is 15.6. The van der Waals surface area contributed by atoms with Crippen molar-refractivity contribution in [1.29, 1.82) is 0 Å². The van der Waals surface area contributed by atoms with E-state index >= 15 is 0 Å².